The molecule has 3 aromatic rings. The number of halogens is 1. The third-order valence-corrected chi connectivity index (χ3v) is 5.13. The summed E-state index contributed by atoms with van der Waals surface area (Å²) in [4.78, 5) is 25.8. The SMILES string of the molecule is CCN(CC)Cc1ccc2cc(COC(=O)Nc3ccc(C(=O)NO)cc3)ccc2c1.Cl. The minimum Gasteiger partial charge on any atom is -0.444 e. The van der Waals surface area contributed by atoms with Gasteiger partial charge < -0.3 is 4.74 Å². The van der Waals surface area contributed by atoms with E-state index >= 15 is 0 Å². The largest absolute Gasteiger partial charge is 0.444 e. The molecule has 0 atom stereocenters. The molecule has 0 saturated carbocycles. The number of nitrogens with one attached hydrogen (secondary N) is 2. The summed E-state index contributed by atoms with van der Waals surface area (Å²) in [5.74, 6) is -0.620. The number of amides is 2. The number of carbonyl (C=O) groups is 2. The number of carbonyl (C=O) groups excluding carboxylic acids is 2. The van der Waals surface area contributed by atoms with Gasteiger partial charge in [0, 0.05) is 17.8 Å². The van der Waals surface area contributed by atoms with Crippen LogP contribution in [0.25, 0.3) is 10.8 Å². The van der Waals surface area contributed by atoms with Crippen LogP contribution >= 0.6 is 12.4 Å². The van der Waals surface area contributed by atoms with Gasteiger partial charge in [0.25, 0.3) is 5.91 Å². The van der Waals surface area contributed by atoms with Gasteiger partial charge in [0.15, 0.2) is 0 Å². The van der Waals surface area contributed by atoms with Crippen molar-refractivity contribution in [2.24, 2.45) is 0 Å². The third kappa shape index (κ3) is 6.68. The summed E-state index contributed by atoms with van der Waals surface area (Å²) in [6, 6.07) is 18.5. The van der Waals surface area contributed by atoms with E-state index in [1.54, 1.807) is 17.6 Å². The van der Waals surface area contributed by atoms with Crippen LogP contribution in [0.2, 0.25) is 0 Å². The minimum atomic E-state index is -0.620. The summed E-state index contributed by atoms with van der Waals surface area (Å²) in [7, 11) is 0. The van der Waals surface area contributed by atoms with E-state index in [1.165, 1.54) is 17.7 Å². The Morgan fingerprint density at radius 3 is 2.09 bits per heavy atom. The number of anilines is 1. The number of hydroxylamine groups is 1. The molecule has 0 saturated heterocycles. The Bertz CT molecular complexity index is 1050. The summed E-state index contributed by atoms with van der Waals surface area (Å²) in [6.45, 7) is 7.45. The van der Waals surface area contributed by atoms with Gasteiger partial charge in [0.1, 0.15) is 6.61 Å². The molecule has 3 N–H and O–H groups in total. The van der Waals surface area contributed by atoms with Gasteiger partial charge in [-0.05, 0) is 71.4 Å². The Hall–Kier alpha value is -3.13. The fourth-order valence-electron chi connectivity index (χ4n) is 3.31. The van der Waals surface area contributed by atoms with Crippen molar-refractivity contribution in [3.05, 3.63) is 77.4 Å². The number of benzene rings is 3. The van der Waals surface area contributed by atoms with Crippen LogP contribution in [0.4, 0.5) is 10.5 Å². The second-order valence-corrected chi connectivity index (χ2v) is 7.20. The zero-order valence-corrected chi connectivity index (χ0v) is 18.9. The molecular formula is C24H28ClN3O4. The molecule has 0 bridgehead atoms. The van der Waals surface area contributed by atoms with Crippen LogP contribution < -0.4 is 10.8 Å². The molecule has 3 rings (SSSR count). The quantitative estimate of drug-likeness (QED) is 0.328. The van der Waals surface area contributed by atoms with E-state index in [9.17, 15) is 9.59 Å². The highest BCUT2D eigenvalue weighted by molar-refractivity contribution is 5.94. The molecule has 32 heavy (non-hydrogen) atoms. The summed E-state index contributed by atoms with van der Waals surface area (Å²) in [5, 5.41) is 13.5. The average molecular weight is 458 g/mol. The Balaban J connectivity index is 0.00000363. The molecule has 0 aliphatic heterocycles. The second kappa shape index (κ2) is 12.0. The van der Waals surface area contributed by atoms with Gasteiger partial charge in [-0.2, -0.15) is 0 Å². The number of fused-ring (bicyclic) bond motifs is 1. The number of ether oxygens (including phenoxy) is 1. The fourth-order valence-corrected chi connectivity index (χ4v) is 3.31. The van der Waals surface area contributed by atoms with Crippen LogP contribution in [0.3, 0.4) is 0 Å². The van der Waals surface area contributed by atoms with Crippen molar-refractivity contribution in [1.82, 2.24) is 10.4 Å². The molecule has 2 amide bonds. The maximum absolute atomic E-state index is 12.1. The highest BCUT2D eigenvalue weighted by Crippen LogP contribution is 2.20. The van der Waals surface area contributed by atoms with Gasteiger partial charge in [0.05, 0.1) is 0 Å². The second-order valence-electron chi connectivity index (χ2n) is 7.20. The van der Waals surface area contributed by atoms with Crippen LogP contribution in [0, 0.1) is 0 Å². The molecule has 0 aliphatic carbocycles. The Labute approximate surface area is 193 Å². The lowest BCUT2D eigenvalue weighted by Gasteiger charge is -2.18. The predicted octanol–water partition coefficient (Wildman–Crippen LogP) is 4.97. The van der Waals surface area contributed by atoms with Crippen molar-refractivity contribution >= 4 is 40.9 Å². The molecule has 170 valence electrons. The lowest BCUT2D eigenvalue weighted by atomic mass is 10.0. The molecule has 0 unspecified atom stereocenters. The highest BCUT2D eigenvalue weighted by Gasteiger charge is 2.08. The number of hydrogen-bond acceptors (Lipinski definition) is 5. The maximum Gasteiger partial charge on any atom is 0.411 e. The van der Waals surface area contributed by atoms with E-state index < -0.39 is 12.0 Å². The van der Waals surface area contributed by atoms with E-state index in [-0.39, 0.29) is 24.6 Å². The van der Waals surface area contributed by atoms with E-state index in [0.717, 1.165) is 36.0 Å². The van der Waals surface area contributed by atoms with Gasteiger partial charge in [-0.1, -0.05) is 38.1 Å². The molecule has 0 heterocycles. The zero-order valence-electron chi connectivity index (χ0n) is 18.1. The molecule has 0 aliphatic rings. The first-order valence-electron chi connectivity index (χ1n) is 10.2. The fraction of sp³-hybridized carbons (Fsp3) is 0.250. The van der Waals surface area contributed by atoms with Crippen molar-refractivity contribution in [3.63, 3.8) is 0 Å². The Morgan fingerprint density at radius 2 is 1.50 bits per heavy atom. The highest BCUT2D eigenvalue weighted by atomic mass is 35.5. The third-order valence-electron chi connectivity index (χ3n) is 5.13. The molecule has 8 heteroatoms. The van der Waals surface area contributed by atoms with Crippen LogP contribution in [0.5, 0.6) is 0 Å². The van der Waals surface area contributed by atoms with Crippen molar-refractivity contribution in [3.8, 4) is 0 Å². The average Bonchev–Trinajstić information content (AvgIpc) is 2.81. The van der Waals surface area contributed by atoms with Crippen molar-refractivity contribution < 1.29 is 19.5 Å². The van der Waals surface area contributed by atoms with E-state index in [1.807, 2.05) is 18.2 Å². The van der Waals surface area contributed by atoms with Gasteiger partial charge in [-0.25, -0.2) is 10.3 Å². The lowest BCUT2D eigenvalue weighted by Crippen LogP contribution is -2.21. The predicted molar refractivity (Wildman–Crippen MR) is 127 cm³/mol. The molecule has 7 nitrogen and oxygen atoms in total. The van der Waals surface area contributed by atoms with Gasteiger partial charge >= 0.3 is 6.09 Å². The van der Waals surface area contributed by atoms with Gasteiger partial charge in [-0.15, -0.1) is 12.4 Å². The first kappa shape index (κ1) is 25.1. The first-order valence-corrected chi connectivity index (χ1v) is 10.2. The standard InChI is InChI=1S/C24H27N3O4.ClH/c1-3-27(4-2)15-17-5-7-21-14-18(6-8-20(21)13-17)16-31-24(29)25-22-11-9-19(10-12-22)23(28)26-30;/h5-14,30H,3-4,15-16H2,1-2H3,(H,25,29)(H,26,28);1H. The van der Waals surface area contributed by atoms with Crippen LogP contribution in [0.1, 0.15) is 35.3 Å². The Morgan fingerprint density at radius 1 is 0.906 bits per heavy atom. The zero-order chi connectivity index (χ0) is 22.2. The van der Waals surface area contributed by atoms with Crippen molar-refractivity contribution in [1.29, 1.82) is 0 Å². The Kier molecular flexibility index (Phi) is 9.46. The van der Waals surface area contributed by atoms with E-state index in [4.69, 9.17) is 9.94 Å². The summed E-state index contributed by atoms with van der Waals surface area (Å²) in [5.41, 5.74) is 4.49. The summed E-state index contributed by atoms with van der Waals surface area (Å²) in [6.07, 6.45) is -0.589. The monoisotopic (exact) mass is 457 g/mol. The van der Waals surface area contributed by atoms with Crippen molar-refractivity contribution in [2.75, 3.05) is 18.4 Å². The smallest absolute Gasteiger partial charge is 0.411 e. The van der Waals surface area contributed by atoms with Crippen LogP contribution in [-0.4, -0.2) is 35.2 Å². The van der Waals surface area contributed by atoms with Gasteiger partial charge in [-0.3, -0.25) is 20.2 Å². The molecular weight excluding hydrogens is 430 g/mol. The minimum absolute atomic E-state index is 0. The number of nitrogens with zero attached hydrogens (tertiary/aromatic N) is 1. The summed E-state index contributed by atoms with van der Waals surface area (Å²) >= 11 is 0. The van der Waals surface area contributed by atoms with E-state index in [0.29, 0.717) is 5.69 Å². The lowest BCUT2D eigenvalue weighted by molar-refractivity contribution is 0.0706. The topological polar surface area (TPSA) is 90.9 Å². The van der Waals surface area contributed by atoms with E-state index in [2.05, 4.69) is 42.3 Å². The molecule has 0 spiro atoms. The number of rotatable bonds is 8. The molecule has 3 aromatic carbocycles. The van der Waals surface area contributed by atoms with Gasteiger partial charge in [0.2, 0.25) is 0 Å². The maximum atomic E-state index is 12.1. The molecule has 0 fully saturated rings. The molecule has 0 aromatic heterocycles. The van der Waals surface area contributed by atoms with Crippen LogP contribution in [-0.2, 0) is 17.9 Å². The molecule has 0 radical (unpaired) electrons. The van der Waals surface area contributed by atoms with Crippen molar-refractivity contribution in [2.45, 2.75) is 27.0 Å². The summed E-state index contributed by atoms with van der Waals surface area (Å²) < 4.78 is 5.31. The number of hydrogen-bond donors (Lipinski definition) is 3. The first-order chi connectivity index (χ1) is 15.0. The normalized spacial score (nSPS) is 10.5. The van der Waals surface area contributed by atoms with Crippen LogP contribution in [0.15, 0.2) is 60.7 Å².